The number of Topliss-reactive ketones (excluding diaryl/α,β-unsaturated/α-hetero) is 1. The second-order valence-corrected chi connectivity index (χ2v) is 3.62. The molecule has 1 aliphatic rings. The van der Waals surface area contributed by atoms with Gasteiger partial charge in [-0.05, 0) is 19.1 Å². The van der Waals surface area contributed by atoms with Crippen LogP contribution in [0.15, 0.2) is 29.8 Å². The van der Waals surface area contributed by atoms with E-state index in [1.165, 1.54) is 18.2 Å². The van der Waals surface area contributed by atoms with Crippen molar-refractivity contribution < 1.29 is 23.5 Å². The number of carbonyl (C=O) groups is 2. The van der Waals surface area contributed by atoms with Crippen LogP contribution in [0, 0.1) is 5.82 Å². The third-order valence-corrected chi connectivity index (χ3v) is 2.45. The summed E-state index contributed by atoms with van der Waals surface area (Å²) >= 11 is 0. The van der Waals surface area contributed by atoms with Crippen molar-refractivity contribution in [3.05, 3.63) is 41.2 Å². The van der Waals surface area contributed by atoms with Crippen molar-refractivity contribution in [2.75, 3.05) is 13.2 Å². The van der Waals surface area contributed by atoms with Crippen molar-refractivity contribution in [2.45, 2.75) is 6.92 Å². The lowest BCUT2D eigenvalue weighted by Gasteiger charge is -2.06. The zero-order chi connectivity index (χ0) is 13.1. The quantitative estimate of drug-likeness (QED) is 0.605. The van der Waals surface area contributed by atoms with Crippen LogP contribution in [0.5, 0.6) is 0 Å². The van der Waals surface area contributed by atoms with Crippen LogP contribution in [0.2, 0.25) is 0 Å². The Hall–Kier alpha value is -2.17. The molecular formula is C13H11FO4. The van der Waals surface area contributed by atoms with Crippen LogP contribution in [0.4, 0.5) is 4.39 Å². The van der Waals surface area contributed by atoms with E-state index in [1.807, 2.05) is 0 Å². The van der Waals surface area contributed by atoms with Crippen LogP contribution in [0.25, 0.3) is 5.76 Å². The molecule has 1 aromatic rings. The van der Waals surface area contributed by atoms with Gasteiger partial charge in [0.2, 0.25) is 5.78 Å². The number of hydrogen-bond donors (Lipinski definition) is 0. The SMILES string of the molecule is CCOC(=O)C1=C(c2ccccc2F)OCC1=O. The Balaban J connectivity index is 2.49. The molecule has 0 aromatic heterocycles. The lowest BCUT2D eigenvalue weighted by Crippen LogP contribution is -2.14. The Labute approximate surface area is 103 Å². The smallest absolute Gasteiger partial charge is 0.345 e. The van der Waals surface area contributed by atoms with Crippen LogP contribution in [-0.4, -0.2) is 25.0 Å². The van der Waals surface area contributed by atoms with Gasteiger partial charge in [-0.1, -0.05) is 12.1 Å². The molecular weight excluding hydrogens is 239 g/mol. The first-order chi connectivity index (χ1) is 8.65. The summed E-state index contributed by atoms with van der Waals surface area (Å²) in [6, 6.07) is 5.79. The number of benzene rings is 1. The maximum atomic E-state index is 13.6. The molecule has 0 radical (unpaired) electrons. The predicted molar refractivity (Wildman–Crippen MR) is 60.9 cm³/mol. The number of esters is 1. The molecule has 0 aliphatic carbocycles. The van der Waals surface area contributed by atoms with Crippen molar-refractivity contribution in [3.63, 3.8) is 0 Å². The maximum Gasteiger partial charge on any atom is 0.345 e. The molecule has 94 valence electrons. The van der Waals surface area contributed by atoms with Gasteiger partial charge in [0.25, 0.3) is 0 Å². The van der Waals surface area contributed by atoms with Gasteiger partial charge in [-0.15, -0.1) is 0 Å². The van der Waals surface area contributed by atoms with Crippen molar-refractivity contribution in [2.24, 2.45) is 0 Å². The molecule has 18 heavy (non-hydrogen) atoms. The van der Waals surface area contributed by atoms with E-state index in [-0.39, 0.29) is 30.1 Å². The third-order valence-electron chi connectivity index (χ3n) is 2.45. The lowest BCUT2D eigenvalue weighted by atomic mass is 10.1. The summed E-state index contributed by atoms with van der Waals surface area (Å²) in [5, 5.41) is 0. The first kappa shape index (κ1) is 12.3. The minimum Gasteiger partial charge on any atom is -0.484 e. The van der Waals surface area contributed by atoms with Gasteiger partial charge in [0, 0.05) is 0 Å². The first-order valence-corrected chi connectivity index (χ1v) is 5.47. The van der Waals surface area contributed by atoms with E-state index in [4.69, 9.17) is 9.47 Å². The maximum absolute atomic E-state index is 13.6. The average Bonchev–Trinajstić information content (AvgIpc) is 2.72. The van der Waals surface area contributed by atoms with Crippen LogP contribution < -0.4 is 0 Å². The summed E-state index contributed by atoms with van der Waals surface area (Å²) < 4.78 is 23.5. The summed E-state index contributed by atoms with van der Waals surface area (Å²) in [5.41, 5.74) is -0.131. The number of ketones is 1. The summed E-state index contributed by atoms with van der Waals surface area (Å²) in [7, 11) is 0. The normalized spacial score (nSPS) is 14.7. The van der Waals surface area contributed by atoms with Gasteiger partial charge in [-0.3, -0.25) is 4.79 Å². The van der Waals surface area contributed by atoms with E-state index >= 15 is 0 Å². The third kappa shape index (κ3) is 2.11. The molecule has 1 heterocycles. The molecule has 5 heteroatoms. The zero-order valence-corrected chi connectivity index (χ0v) is 9.73. The summed E-state index contributed by atoms with van der Waals surface area (Å²) in [6.07, 6.45) is 0. The molecule has 4 nitrogen and oxygen atoms in total. The lowest BCUT2D eigenvalue weighted by molar-refractivity contribution is -0.139. The van der Waals surface area contributed by atoms with Crippen LogP contribution in [0.1, 0.15) is 12.5 Å². The van der Waals surface area contributed by atoms with Crippen LogP contribution >= 0.6 is 0 Å². The van der Waals surface area contributed by atoms with E-state index in [0.29, 0.717) is 0 Å². The molecule has 0 spiro atoms. The molecule has 0 N–H and O–H groups in total. The van der Waals surface area contributed by atoms with Crippen molar-refractivity contribution >= 4 is 17.5 Å². The Bertz CT molecular complexity index is 534. The van der Waals surface area contributed by atoms with Crippen molar-refractivity contribution in [3.8, 4) is 0 Å². The van der Waals surface area contributed by atoms with Gasteiger partial charge in [-0.25, -0.2) is 9.18 Å². The molecule has 1 aromatic carbocycles. The Morgan fingerprint density at radius 2 is 2.17 bits per heavy atom. The average molecular weight is 250 g/mol. The highest BCUT2D eigenvalue weighted by atomic mass is 19.1. The van der Waals surface area contributed by atoms with Crippen LogP contribution in [0.3, 0.4) is 0 Å². The minimum atomic E-state index is -0.779. The van der Waals surface area contributed by atoms with Gasteiger partial charge in [-0.2, -0.15) is 0 Å². The Kier molecular flexibility index (Phi) is 3.41. The number of halogens is 1. The highest BCUT2D eigenvalue weighted by Gasteiger charge is 2.33. The summed E-state index contributed by atoms with van der Waals surface area (Å²) in [6.45, 7) is 1.50. The van der Waals surface area contributed by atoms with Crippen molar-refractivity contribution in [1.29, 1.82) is 0 Å². The van der Waals surface area contributed by atoms with Gasteiger partial charge in [0.05, 0.1) is 12.2 Å². The minimum absolute atomic E-state index is 0.0449. The van der Waals surface area contributed by atoms with Crippen molar-refractivity contribution in [1.82, 2.24) is 0 Å². The summed E-state index contributed by atoms with van der Waals surface area (Å²) in [4.78, 5) is 23.2. The molecule has 0 amide bonds. The van der Waals surface area contributed by atoms with Gasteiger partial charge in [0.15, 0.2) is 6.61 Å². The van der Waals surface area contributed by atoms with Crippen LogP contribution in [-0.2, 0) is 19.1 Å². The highest BCUT2D eigenvalue weighted by molar-refractivity contribution is 6.24. The molecule has 0 saturated heterocycles. The van der Waals surface area contributed by atoms with Gasteiger partial charge in [0.1, 0.15) is 17.1 Å². The second-order valence-electron chi connectivity index (χ2n) is 3.62. The largest absolute Gasteiger partial charge is 0.484 e. The van der Waals surface area contributed by atoms with Gasteiger partial charge >= 0.3 is 5.97 Å². The number of ether oxygens (including phenoxy) is 2. The van der Waals surface area contributed by atoms with E-state index in [1.54, 1.807) is 13.0 Å². The fourth-order valence-corrected chi connectivity index (χ4v) is 1.68. The topological polar surface area (TPSA) is 52.6 Å². The molecule has 0 bridgehead atoms. The Morgan fingerprint density at radius 3 is 2.83 bits per heavy atom. The van der Waals surface area contributed by atoms with E-state index in [2.05, 4.69) is 0 Å². The molecule has 0 saturated carbocycles. The second kappa shape index (κ2) is 5.00. The van der Waals surface area contributed by atoms with E-state index < -0.39 is 17.6 Å². The molecule has 0 atom stereocenters. The predicted octanol–water partition coefficient (Wildman–Crippen LogP) is 1.70. The zero-order valence-electron chi connectivity index (χ0n) is 9.73. The fraction of sp³-hybridized carbons (Fsp3) is 0.231. The van der Waals surface area contributed by atoms with E-state index in [9.17, 15) is 14.0 Å². The number of rotatable bonds is 3. The molecule has 0 unspecified atom stereocenters. The number of carbonyl (C=O) groups excluding carboxylic acids is 2. The molecule has 2 rings (SSSR count). The number of hydrogen-bond acceptors (Lipinski definition) is 4. The Morgan fingerprint density at radius 1 is 1.44 bits per heavy atom. The molecule has 1 aliphatic heterocycles. The van der Waals surface area contributed by atoms with E-state index in [0.717, 1.165) is 0 Å². The standard InChI is InChI=1S/C13H11FO4/c1-2-17-13(16)11-10(15)7-18-12(11)8-5-3-4-6-9(8)14/h3-6H,2,7H2,1H3. The molecule has 0 fully saturated rings. The monoisotopic (exact) mass is 250 g/mol. The summed E-state index contributed by atoms with van der Waals surface area (Å²) in [5.74, 6) is -1.87. The van der Waals surface area contributed by atoms with Gasteiger partial charge < -0.3 is 9.47 Å². The first-order valence-electron chi connectivity index (χ1n) is 5.47. The fourth-order valence-electron chi connectivity index (χ4n) is 1.68. The highest BCUT2D eigenvalue weighted by Crippen LogP contribution is 2.28.